The standard InChI is InChI=1S/C22H18F2N6O2S/c1-12-11-26-20(28-19-5-6-25-13(2)27-19)10-16(12)14-7-21(29-22(31)8-14)30-33(32)18-4-3-15(23)9-17(18)24/h3-11H,1-2H3,(H2,29,30,31)(H,25,26,27,28). The van der Waals surface area contributed by atoms with E-state index < -0.39 is 28.2 Å². The zero-order valence-electron chi connectivity index (χ0n) is 17.5. The second kappa shape index (κ2) is 9.25. The van der Waals surface area contributed by atoms with Crippen molar-refractivity contribution in [1.29, 1.82) is 0 Å². The molecular formula is C22H18F2N6O2S. The first-order valence-electron chi connectivity index (χ1n) is 9.70. The highest BCUT2D eigenvalue weighted by Crippen LogP contribution is 2.27. The van der Waals surface area contributed by atoms with E-state index in [2.05, 4.69) is 30.0 Å². The van der Waals surface area contributed by atoms with Crippen molar-refractivity contribution in [2.75, 3.05) is 10.0 Å². The Morgan fingerprint density at radius 2 is 1.82 bits per heavy atom. The smallest absolute Gasteiger partial charge is 0.250 e. The van der Waals surface area contributed by atoms with Crippen LogP contribution in [-0.2, 0) is 11.0 Å². The van der Waals surface area contributed by atoms with Crippen molar-refractivity contribution in [3.8, 4) is 11.1 Å². The number of nitrogens with zero attached hydrogens (tertiary/aromatic N) is 3. The summed E-state index contributed by atoms with van der Waals surface area (Å²) < 4.78 is 42.2. The fraction of sp³-hybridized carbons (Fsp3) is 0.0909. The van der Waals surface area contributed by atoms with E-state index in [0.29, 0.717) is 34.7 Å². The number of aromatic amines is 1. The van der Waals surface area contributed by atoms with E-state index in [1.165, 1.54) is 6.07 Å². The molecule has 0 saturated carbocycles. The van der Waals surface area contributed by atoms with Gasteiger partial charge in [0.05, 0.1) is 4.90 Å². The summed E-state index contributed by atoms with van der Waals surface area (Å²) in [5, 5.41) is 3.09. The van der Waals surface area contributed by atoms with Crippen molar-refractivity contribution in [3.63, 3.8) is 0 Å². The van der Waals surface area contributed by atoms with Gasteiger partial charge in [-0.2, -0.15) is 0 Å². The first-order valence-corrected chi connectivity index (χ1v) is 10.8. The van der Waals surface area contributed by atoms with Crippen LogP contribution in [0.4, 0.5) is 26.2 Å². The molecule has 0 aliphatic rings. The van der Waals surface area contributed by atoms with Gasteiger partial charge >= 0.3 is 0 Å². The summed E-state index contributed by atoms with van der Waals surface area (Å²) in [7, 11) is -2.07. The number of halogens is 2. The molecule has 11 heteroatoms. The van der Waals surface area contributed by atoms with Crippen molar-refractivity contribution < 1.29 is 13.0 Å². The highest BCUT2D eigenvalue weighted by atomic mass is 32.2. The van der Waals surface area contributed by atoms with E-state index in [0.717, 1.165) is 17.7 Å². The van der Waals surface area contributed by atoms with E-state index in [-0.39, 0.29) is 10.7 Å². The summed E-state index contributed by atoms with van der Waals surface area (Å²) in [5.41, 5.74) is 1.57. The molecule has 3 N–H and O–H groups in total. The second-order valence-corrected chi connectivity index (χ2v) is 8.27. The highest BCUT2D eigenvalue weighted by Gasteiger charge is 2.14. The van der Waals surface area contributed by atoms with Crippen LogP contribution in [0.25, 0.3) is 11.1 Å². The molecule has 1 atom stereocenters. The van der Waals surface area contributed by atoms with Gasteiger partial charge in [-0.15, -0.1) is 0 Å². The molecule has 0 spiro atoms. The molecular weight excluding hydrogens is 450 g/mol. The van der Waals surface area contributed by atoms with Crippen molar-refractivity contribution in [3.05, 3.63) is 88.2 Å². The lowest BCUT2D eigenvalue weighted by molar-refractivity contribution is 0.562. The van der Waals surface area contributed by atoms with Crippen LogP contribution in [0.5, 0.6) is 0 Å². The molecule has 3 aromatic heterocycles. The monoisotopic (exact) mass is 468 g/mol. The van der Waals surface area contributed by atoms with Crippen molar-refractivity contribution in [2.24, 2.45) is 0 Å². The van der Waals surface area contributed by atoms with Crippen molar-refractivity contribution in [2.45, 2.75) is 18.7 Å². The minimum atomic E-state index is -2.07. The van der Waals surface area contributed by atoms with Crippen LogP contribution in [0.3, 0.4) is 0 Å². The van der Waals surface area contributed by atoms with E-state index >= 15 is 0 Å². The number of H-pyrrole nitrogens is 1. The summed E-state index contributed by atoms with van der Waals surface area (Å²) in [4.78, 5) is 27.2. The van der Waals surface area contributed by atoms with Crippen LogP contribution < -0.4 is 15.6 Å². The van der Waals surface area contributed by atoms with Crippen LogP contribution in [-0.4, -0.2) is 24.1 Å². The SMILES string of the molecule is Cc1nccc(Nc2cc(-c3cc(NS(=O)c4ccc(F)cc4F)[nH]c(=O)c3)c(C)cn2)n1. The van der Waals surface area contributed by atoms with E-state index in [1.54, 1.807) is 37.5 Å². The van der Waals surface area contributed by atoms with Crippen LogP contribution in [0.1, 0.15) is 11.4 Å². The second-order valence-electron chi connectivity index (χ2n) is 7.09. The Balaban J connectivity index is 1.64. The predicted molar refractivity (Wildman–Crippen MR) is 121 cm³/mol. The van der Waals surface area contributed by atoms with Gasteiger partial charge in [-0.1, -0.05) is 0 Å². The van der Waals surface area contributed by atoms with Gasteiger partial charge in [0, 0.05) is 24.5 Å². The minimum absolute atomic E-state index is 0.108. The van der Waals surface area contributed by atoms with Crippen molar-refractivity contribution >= 4 is 28.4 Å². The molecule has 1 aromatic carbocycles. The third kappa shape index (κ3) is 5.26. The maximum atomic E-state index is 14.0. The number of hydrogen-bond donors (Lipinski definition) is 3. The molecule has 0 fully saturated rings. The van der Waals surface area contributed by atoms with Crippen LogP contribution in [0, 0.1) is 25.5 Å². The van der Waals surface area contributed by atoms with E-state index in [1.807, 2.05) is 6.92 Å². The highest BCUT2D eigenvalue weighted by molar-refractivity contribution is 7.86. The minimum Gasteiger partial charge on any atom is -0.325 e. The largest absolute Gasteiger partial charge is 0.325 e. The summed E-state index contributed by atoms with van der Waals surface area (Å²) >= 11 is 0. The van der Waals surface area contributed by atoms with Crippen LogP contribution in [0.15, 0.2) is 64.5 Å². The maximum Gasteiger partial charge on any atom is 0.250 e. The summed E-state index contributed by atoms with van der Waals surface area (Å²) in [6.07, 6.45) is 3.27. The normalized spacial score (nSPS) is 11.8. The molecule has 4 aromatic rings. The van der Waals surface area contributed by atoms with Gasteiger partial charge in [-0.3, -0.25) is 9.52 Å². The number of nitrogens with one attached hydrogen (secondary N) is 3. The molecule has 168 valence electrons. The van der Waals surface area contributed by atoms with Gasteiger partial charge in [0.2, 0.25) is 5.56 Å². The third-order valence-corrected chi connectivity index (χ3v) is 5.72. The van der Waals surface area contributed by atoms with Gasteiger partial charge in [0.15, 0.2) is 11.0 Å². The summed E-state index contributed by atoms with van der Waals surface area (Å²) in [6, 6.07) is 9.13. The third-order valence-electron chi connectivity index (χ3n) is 4.59. The molecule has 0 radical (unpaired) electrons. The molecule has 0 saturated heterocycles. The molecule has 0 bridgehead atoms. The lowest BCUT2D eigenvalue weighted by Crippen LogP contribution is -2.13. The fourth-order valence-corrected chi connectivity index (χ4v) is 3.94. The predicted octanol–water partition coefficient (Wildman–Crippen LogP) is 4.00. The lowest BCUT2D eigenvalue weighted by atomic mass is 10.0. The molecule has 0 amide bonds. The zero-order chi connectivity index (χ0) is 23.5. The van der Waals surface area contributed by atoms with Gasteiger partial charge in [-0.25, -0.2) is 27.9 Å². The van der Waals surface area contributed by atoms with Gasteiger partial charge in [0.1, 0.15) is 34.9 Å². The van der Waals surface area contributed by atoms with Gasteiger partial charge < -0.3 is 10.3 Å². The number of anilines is 3. The Morgan fingerprint density at radius 1 is 1.00 bits per heavy atom. The molecule has 1 unspecified atom stereocenters. The van der Waals surface area contributed by atoms with Crippen molar-refractivity contribution in [1.82, 2.24) is 19.9 Å². The quantitative estimate of drug-likeness (QED) is 0.394. The molecule has 3 heterocycles. The average Bonchev–Trinajstić information content (AvgIpc) is 2.74. The molecule has 33 heavy (non-hydrogen) atoms. The maximum absolute atomic E-state index is 14.0. The number of hydrogen-bond acceptors (Lipinski definition) is 6. The summed E-state index contributed by atoms with van der Waals surface area (Å²) in [6.45, 7) is 3.60. The molecule has 4 rings (SSSR count). The van der Waals surface area contributed by atoms with E-state index in [4.69, 9.17) is 0 Å². The Kier molecular flexibility index (Phi) is 6.22. The number of aryl methyl sites for hydroxylation is 2. The Morgan fingerprint density at radius 3 is 2.58 bits per heavy atom. The first kappa shape index (κ1) is 22.2. The average molecular weight is 468 g/mol. The van der Waals surface area contributed by atoms with Gasteiger partial charge in [-0.05, 0) is 60.9 Å². The number of rotatable bonds is 6. The molecule has 0 aliphatic carbocycles. The van der Waals surface area contributed by atoms with E-state index in [9.17, 15) is 17.8 Å². The number of aromatic nitrogens is 4. The molecule has 8 nitrogen and oxygen atoms in total. The van der Waals surface area contributed by atoms with Crippen LogP contribution in [0.2, 0.25) is 0 Å². The molecule has 0 aliphatic heterocycles. The van der Waals surface area contributed by atoms with Crippen LogP contribution >= 0.6 is 0 Å². The number of pyridine rings is 2. The Hall–Kier alpha value is -3.99. The Labute approximate surface area is 189 Å². The van der Waals surface area contributed by atoms with Gasteiger partial charge in [0.25, 0.3) is 0 Å². The topological polar surface area (TPSA) is 113 Å². The first-order chi connectivity index (χ1) is 15.8. The zero-order valence-corrected chi connectivity index (χ0v) is 18.3. The lowest BCUT2D eigenvalue weighted by Gasteiger charge is -2.12. The fourth-order valence-electron chi connectivity index (χ4n) is 3.09. The Bertz CT molecular complexity index is 1430. The number of benzene rings is 1. The summed E-state index contributed by atoms with van der Waals surface area (Å²) in [5.74, 6) is 0.0357.